The topological polar surface area (TPSA) is 54.4 Å². The van der Waals surface area contributed by atoms with Crippen LogP contribution in [0.1, 0.15) is 85.5 Å². The van der Waals surface area contributed by atoms with Crippen LogP contribution in [0.4, 0.5) is 0 Å². The van der Waals surface area contributed by atoms with Crippen LogP contribution in [-0.4, -0.2) is 28.1 Å². The van der Waals surface area contributed by atoms with Crippen LogP contribution < -0.4 is 0 Å². The number of alkyl halides is 1. The number of halogens is 1. The van der Waals surface area contributed by atoms with Gasteiger partial charge in [-0.15, -0.1) is 0 Å². The van der Waals surface area contributed by atoms with Gasteiger partial charge in [-0.3, -0.25) is 9.59 Å². The van der Waals surface area contributed by atoms with Gasteiger partial charge in [-0.25, -0.2) is 0 Å². The molecule has 0 radical (unpaired) electrons. The zero-order valence-corrected chi connectivity index (χ0v) is 21.4. The Morgan fingerprint density at radius 2 is 1.94 bits per heavy atom. The van der Waals surface area contributed by atoms with Crippen molar-refractivity contribution in [2.45, 2.75) is 91.6 Å². The Balaban J connectivity index is 1.54. The molecule has 0 aromatic rings. The van der Waals surface area contributed by atoms with E-state index in [1.54, 1.807) is 0 Å². The van der Waals surface area contributed by atoms with E-state index in [2.05, 4.69) is 42.8 Å². The highest BCUT2D eigenvalue weighted by Gasteiger charge is 2.62. The monoisotopic (exact) mass is 492 g/mol. The largest absolute Gasteiger partial charge is 0.393 e. The Bertz CT molecular complexity index is 760. The first-order valence-electron chi connectivity index (χ1n) is 12.6. The molecular weight excluding hydrogens is 452 g/mol. The predicted molar refractivity (Wildman–Crippen MR) is 128 cm³/mol. The SMILES string of the molecule is CC(CBr)CCC(=O)[C@@H](C)[C@H]1C(=O)C[C@H]2[C@@H]3CC=C4C[C@@H](O)CC[C@]4(C)[C@H]3CC[C@]12C. The van der Waals surface area contributed by atoms with E-state index in [0.29, 0.717) is 42.3 Å². The van der Waals surface area contributed by atoms with Crippen molar-refractivity contribution in [2.24, 2.45) is 46.3 Å². The molecule has 0 heterocycles. The second-order valence-corrected chi connectivity index (χ2v) is 12.5. The first kappa shape index (κ1) is 23.7. The first-order valence-corrected chi connectivity index (χ1v) is 13.7. The van der Waals surface area contributed by atoms with Crippen molar-refractivity contribution < 1.29 is 14.7 Å². The highest BCUT2D eigenvalue weighted by molar-refractivity contribution is 9.09. The lowest BCUT2D eigenvalue weighted by molar-refractivity contribution is -0.134. The van der Waals surface area contributed by atoms with Crippen molar-refractivity contribution in [3.63, 3.8) is 0 Å². The van der Waals surface area contributed by atoms with Gasteiger partial charge < -0.3 is 5.11 Å². The molecule has 31 heavy (non-hydrogen) atoms. The molecule has 1 N–H and O–H groups in total. The van der Waals surface area contributed by atoms with E-state index in [-0.39, 0.29) is 34.6 Å². The zero-order valence-electron chi connectivity index (χ0n) is 19.8. The Morgan fingerprint density at radius 3 is 2.65 bits per heavy atom. The van der Waals surface area contributed by atoms with Gasteiger partial charge in [-0.1, -0.05) is 55.3 Å². The van der Waals surface area contributed by atoms with Crippen molar-refractivity contribution >= 4 is 27.5 Å². The molecule has 9 atom stereocenters. The lowest BCUT2D eigenvalue weighted by Gasteiger charge is -2.58. The summed E-state index contributed by atoms with van der Waals surface area (Å²) in [7, 11) is 0. The summed E-state index contributed by atoms with van der Waals surface area (Å²) in [5.41, 5.74) is 1.63. The average molecular weight is 494 g/mol. The minimum atomic E-state index is -0.179. The van der Waals surface area contributed by atoms with Crippen molar-refractivity contribution in [1.29, 1.82) is 0 Å². The number of carbonyl (C=O) groups excluding carboxylic acids is 2. The number of hydrogen-bond donors (Lipinski definition) is 1. The number of allylic oxidation sites excluding steroid dienone is 1. The van der Waals surface area contributed by atoms with Crippen LogP contribution in [0.15, 0.2) is 11.6 Å². The lowest BCUT2D eigenvalue weighted by atomic mass is 9.47. The van der Waals surface area contributed by atoms with Crippen LogP contribution in [0.5, 0.6) is 0 Å². The first-order chi connectivity index (χ1) is 14.6. The minimum Gasteiger partial charge on any atom is -0.393 e. The number of hydrogen-bond acceptors (Lipinski definition) is 3. The van der Waals surface area contributed by atoms with Crippen LogP contribution >= 0.6 is 15.9 Å². The number of fused-ring (bicyclic) bond motifs is 5. The molecule has 174 valence electrons. The third-order valence-corrected chi connectivity index (χ3v) is 11.3. The normalized spacial score (nSPS) is 44.0. The molecule has 0 aromatic carbocycles. The molecule has 0 saturated heterocycles. The molecule has 0 amide bonds. The molecule has 3 fully saturated rings. The Hall–Kier alpha value is -0.480. The highest BCUT2D eigenvalue weighted by Crippen LogP contribution is 2.66. The Labute approximate surface area is 196 Å². The second kappa shape index (κ2) is 8.70. The molecule has 4 rings (SSSR count). The number of aliphatic hydroxyl groups excluding tert-OH is 1. The summed E-state index contributed by atoms with van der Waals surface area (Å²) in [6.07, 6.45) is 10.5. The summed E-state index contributed by atoms with van der Waals surface area (Å²) in [5.74, 6) is 2.45. The fourth-order valence-corrected chi connectivity index (χ4v) is 8.52. The molecule has 0 aliphatic heterocycles. The third-order valence-electron chi connectivity index (χ3n) is 10.1. The quantitative estimate of drug-likeness (QED) is 0.358. The second-order valence-electron chi connectivity index (χ2n) is 11.9. The summed E-state index contributed by atoms with van der Waals surface area (Å²) in [6, 6.07) is 0. The summed E-state index contributed by atoms with van der Waals surface area (Å²) >= 11 is 3.51. The molecule has 1 unspecified atom stereocenters. The predicted octanol–water partition coefficient (Wildman–Crippen LogP) is 6.12. The summed E-state index contributed by atoms with van der Waals surface area (Å²) in [4.78, 5) is 26.4. The smallest absolute Gasteiger partial charge is 0.137 e. The highest BCUT2D eigenvalue weighted by atomic mass is 79.9. The van der Waals surface area contributed by atoms with E-state index >= 15 is 0 Å². The number of ketones is 2. The Morgan fingerprint density at radius 1 is 1.19 bits per heavy atom. The van der Waals surface area contributed by atoms with Crippen LogP contribution in [0.2, 0.25) is 0 Å². The number of Topliss-reactive ketones (excluding diaryl/α,β-unsaturated/α-hetero) is 2. The average Bonchev–Trinajstić information content (AvgIpc) is 3.01. The molecule has 3 saturated carbocycles. The van der Waals surface area contributed by atoms with Gasteiger partial charge in [-0.05, 0) is 79.4 Å². The van der Waals surface area contributed by atoms with E-state index < -0.39 is 0 Å². The number of carbonyl (C=O) groups is 2. The van der Waals surface area contributed by atoms with Crippen molar-refractivity contribution in [2.75, 3.05) is 5.33 Å². The van der Waals surface area contributed by atoms with Crippen molar-refractivity contribution in [3.8, 4) is 0 Å². The molecule has 4 aliphatic rings. The maximum absolute atomic E-state index is 13.4. The number of rotatable bonds is 6. The molecule has 0 aromatic heterocycles. The van der Waals surface area contributed by atoms with E-state index in [4.69, 9.17) is 0 Å². The third kappa shape index (κ3) is 3.92. The van der Waals surface area contributed by atoms with Gasteiger partial charge in [0.2, 0.25) is 0 Å². The fraction of sp³-hybridized carbons (Fsp3) is 0.852. The van der Waals surface area contributed by atoms with Gasteiger partial charge in [-0.2, -0.15) is 0 Å². The van der Waals surface area contributed by atoms with Gasteiger partial charge in [0.25, 0.3) is 0 Å². The van der Waals surface area contributed by atoms with Gasteiger partial charge in [0, 0.05) is 30.0 Å². The van der Waals surface area contributed by atoms with Crippen LogP contribution in [0, 0.1) is 46.3 Å². The van der Waals surface area contributed by atoms with E-state index in [1.165, 1.54) is 5.57 Å². The maximum atomic E-state index is 13.4. The van der Waals surface area contributed by atoms with Gasteiger partial charge >= 0.3 is 0 Å². The molecule has 0 spiro atoms. The van der Waals surface area contributed by atoms with Gasteiger partial charge in [0.05, 0.1) is 6.10 Å². The van der Waals surface area contributed by atoms with Gasteiger partial charge in [0.15, 0.2) is 0 Å². The van der Waals surface area contributed by atoms with Crippen LogP contribution in [0.3, 0.4) is 0 Å². The summed E-state index contributed by atoms with van der Waals surface area (Å²) < 4.78 is 0. The van der Waals surface area contributed by atoms with Crippen molar-refractivity contribution in [1.82, 2.24) is 0 Å². The van der Waals surface area contributed by atoms with Crippen molar-refractivity contribution in [3.05, 3.63) is 11.6 Å². The Kier molecular flexibility index (Phi) is 6.65. The van der Waals surface area contributed by atoms with Crippen LogP contribution in [0.25, 0.3) is 0 Å². The lowest BCUT2D eigenvalue weighted by Crippen LogP contribution is -2.51. The van der Waals surface area contributed by atoms with Gasteiger partial charge in [0.1, 0.15) is 11.6 Å². The standard InChI is InChI=1S/C27H41BrO3/c1-16(15-28)5-8-23(30)17(2)25-24(31)14-22-20-7-6-18-13-19(29)9-11-26(18,3)21(20)10-12-27(22,25)4/h6,16-17,19-22,25,29H,5,7-15H2,1-4H3/t16?,17-,19+,20-,21+,22+,25+,26+,27+/m1/s1. The zero-order chi connectivity index (χ0) is 22.6. The summed E-state index contributed by atoms with van der Waals surface area (Å²) in [5, 5.41) is 11.1. The van der Waals surface area contributed by atoms with E-state index in [9.17, 15) is 14.7 Å². The molecule has 0 bridgehead atoms. The molecule has 4 heteroatoms. The fourth-order valence-electron chi connectivity index (χ4n) is 8.20. The van der Waals surface area contributed by atoms with E-state index in [0.717, 1.165) is 50.3 Å². The number of aliphatic hydroxyl groups is 1. The summed E-state index contributed by atoms with van der Waals surface area (Å²) in [6.45, 7) is 8.96. The minimum absolute atomic E-state index is 0.0375. The maximum Gasteiger partial charge on any atom is 0.137 e. The molecular formula is C27H41BrO3. The molecule has 3 nitrogen and oxygen atoms in total. The van der Waals surface area contributed by atoms with E-state index in [1.807, 2.05) is 6.92 Å². The van der Waals surface area contributed by atoms with Crippen LogP contribution in [-0.2, 0) is 9.59 Å². The molecule has 4 aliphatic carbocycles.